The van der Waals surface area contributed by atoms with E-state index in [0.29, 0.717) is 0 Å². The minimum absolute atomic E-state index is 0.257. The number of rotatable bonds is 1. The molecule has 4 heteroatoms. The molecule has 0 radical (unpaired) electrons. The first-order valence-electron chi connectivity index (χ1n) is 2.37. The van der Waals surface area contributed by atoms with E-state index in [1.807, 2.05) is 0 Å². The molecular weight excluding hydrogens is 111 g/mol. The number of nitrogens with one attached hydrogen (secondary N) is 1. The SMILES string of the molecule is N[C@@H]1C(=O)N[C@@H]1CF. The molecule has 0 unspecified atom stereocenters. The Labute approximate surface area is 46.0 Å². The summed E-state index contributed by atoms with van der Waals surface area (Å²) >= 11 is 0. The normalized spacial score (nSPS) is 36.0. The summed E-state index contributed by atoms with van der Waals surface area (Å²) in [6.45, 7) is -0.563. The molecule has 1 aliphatic rings. The highest BCUT2D eigenvalue weighted by molar-refractivity contribution is 5.88. The lowest BCUT2D eigenvalue weighted by Crippen LogP contribution is -2.67. The lowest BCUT2D eigenvalue weighted by molar-refractivity contribution is -0.130. The maximum absolute atomic E-state index is 11.6. The van der Waals surface area contributed by atoms with Crippen LogP contribution in [0.1, 0.15) is 0 Å². The summed E-state index contributed by atoms with van der Waals surface area (Å²) in [6, 6.07) is -1.04. The molecule has 0 spiro atoms. The average Bonchev–Trinajstić information content (AvgIpc) is 1.81. The van der Waals surface area contributed by atoms with Gasteiger partial charge in [0.2, 0.25) is 5.91 Å². The van der Waals surface area contributed by atoms with Crippen molar-refractivity contribution in [3.05, 3.63) is 0 Å². The van der Waals surface area contributed by atoms with Gasteiger partial charge in [-0.25, -0.2) is 4.39 Å². The van der Waals surface area contributed by atoms with Crippen molar-refractivity contribution in [3.63, 3.8) is 0 Å². The average molecular weight is 118 g/mol. The van der Waals surface area contributed by atoms with Gasteiger partial charge >= 0.3 is 0 Å². The molecule has 8 heavy (non-hydrogen) atoms. The highest BCUT2D eigenvalue weighted by Crippen LogP contribution is 2.02. The highest BCUT2D eigenvalue weighted by atomic mass is 19.1. The van der Waals surface area contributed by atoms with E-state index < -0.39 is 18.8 Å². The van der Waals surface area contributed by atoms with E-state index in [1.54, 1.807) is 0 Å². The van der Waals surface area contributed by atoms with Gasteiger partial charge < -0.3 is 11.1 Å². The minimum atomic E-state index is -0.611. The Morgan fingerprint density at radius 2 is 2.50 bits per heavy atom. The Bertz CT molecular complexity index is 117. The Kier molecular flexibility index (Phi) is 1.17. The molecule has 0 aromatic rings. The van der Waals surface area contributed by atoms with Crippen LogP contribution in [0.15, 0.2) is 0 Å². The first kappa shape index (κ1) is 5.50. The largest absolute Gasteiger partial charge is 0.347 e. The van der Waals surface area contributed by atoms with Crippen LogP contribution in [0.2, 0.25) is 0 Å². The Hall–Kier alpha value is -0.640. The number of carbonyl (C=O) groups excluding carboxylic acids is 1. The van der Waals surface area contributed by atoms with Crippen molar-refractivity contribution in [2.24, 2.45) is 5.73 Å². The summed E-state index contributed by atoms with van der Waals surface area (Å²) in [7, 11) is 0. The number of hydrogen-bond acceptors (Lipinski definition) is 2. The Balaban J connectivity index is 2.35. The maximum atomic E-state index is 11.6. The highest BCUT2D eigenvalue weighted by Gasteiger charge is 2.35. The van der Waals surface area contributed by atoms with E-state index in [2.05, 4.69) is 5.32 Å². The van der Waals surface area contributed by atoms with Gasteiger partial charge in [0.15, 0.2) is 0 Å². The van der Waals surface area contributed by atoms with Crippen molar-refractivity contribution >= 4 is 5.91 Å². The fraction of sp³-hybridized carbons (Fsp3) is 0.750. The molecule has 2 atom stereocenters. The van der Waals surface area contributed by atoms with Gasteiger partial charge in [0.25, 0.3) is 0 Å². The lowest BCUT2D eigenvalue weighted by Gasteiger charge is -2.31. The number of β-lactam (4-membered cyclic amide) rings is 1. The van der Waals surface area contributed by atoms with Crippen LogP contribution in [0.5, 0.6) is 0 Å². The molecule has 0 aromatic carbocycles. The standard InChI is InChI=1S/C4H7FN2O/c5-1-2-3(6)4(8)7-2/h2-3H,1,6H2,(H,7,8)/t2-,3+/m1/s1. The van der Waals surface area contributed by atoms with Crippen molar-refractivity contribution in [1.82, 2.24) is 5.32 Å². The summed E-state index contributed by atoms with van der Waals surface area (Å²) in [5.74, 6) is -0.257. The minimum Gasteiger partial charge on any atom is -0.347 e. The summed E-state index contributed by atoms with van der Waals surface area (Å²) in [5, 5.41) is 2.30. The molecule has 1 heterocycles. The smallest absolute Gasteiger partial charge is 0.239 e. The Morgan fingerprint density at radius 3 is 2.62 bits per heavy atom. The third-order valence-corrected chi connectivity index (χ3v) is 1.23. The Morgan fingerprint density at radius 1 is 1.88 bits per heavy atom. The van der Waals surface area contributed by atoms with Gasteiger partial charge in [-0.1, -0.05) is 0 Å². The number of alkyl halides is 1. The zero-order valence-electron chi connectivity index (χ0n) is 4.23. The zero-order chi connectivity index (χ0) is 6.15. The zero-order valence-corrected chi connectivity index (χ0v) is 4.23. The van der Waals surface area contributed by atoms with Gasteiger partial charge in [-0.2, -0.15) is 0 Å². The molecule has 1 rings (SSSR count). The van der Waals surface area contributed by atoms with Crippen LogP contribution in [-0.2, 0) is 4.79 Å². The van der Waals surface area contributed by atoms with E-state index in [-0.39, 0.29) is 5.91 Å². The number of amides is 1. The van der Waals surface area contributed by atoms with Crippen LogP contribution >= 0.6 is 0 Å². The number of carbonyl (C=O) groups is 1. The molecule has 3 N–H and O–H groups in total. The first-order chi connectivity index (χ1) is 3.75. The molecule has 46 valence electrons. The van der Waals surface area contributed by atoms with Gasteiger partial charge in [0.1, 0.15) is 12.7 Å². The van der Waals surface area contributed by atoms with Gasteiger partial charge in [0.05, 0.1) is 6.04 Å². The molecule has 1 fully saturated rings. The fourth-order valence-electron chi connectivity index (χ4n) is 0.590. The first-order valence-corrected chi connectivity index (χ1v) is 2.37. The molecular formula is C4H7FN2O. The molecule has 0 aromatic heterocycles. The van der Waals surface area contributed by atoms with E-state index in [9.17, 15) is 9.18 Å². The quantitative estimate of drug-likeness (QED) is 0.424. The molecule has 0 aliphatic carbocycles. The van der Waals surface area contributed by atoms with Crippen LogP contribution in [0.25, 0.3) is 0 Å². The van der Waals surface area contributed by atoms with Gasteiger partial charge in [-0.15, -0.1) is 0 Å². The number of halogens is 1. The van der Waals surface area contributed by atoms with Crippen molar-refractivity contribution in [2.75, 3.05) is 6.67 Å². The molecule has 0 saturated carbocycles. The van der Waals surface area contributed by atoms with E-state index >= 15 is 0 Å². The second-order valence-corrected chi connectivity index (χ2v) is 1.80. The second-order valence-electron chi connectivity index (χ2n) is 1.80. The molecule has 1 saturated heterocycles. The van der Waals surface area contributed by atoms with E-state index in [0.717, 1.165) is 0 Å². The monoisotopic (exact) mass is 118 g/mol. The third-order valence-electron chi connectivity index (χ3n) is 1.23. The molecule has 1 amide bonds. The predicted molar refractivity (Wildman–Crippen MR) is 25.9 cm³/mol. The summed E-state index contributed by atoms with van der Waals surface area (Å²) in [6.07, 6.45) is 0. The number of hydrogen-bond donors (Lipinski definition) is 2. The molecule has 3 nitrogen and oxygen atoms in total. The predicted octanol–water partition coefficient (Wildman–Crippen LogP) is -1.22. The van der Waals surface area contributed by atoms with Gasteiger partial charge in [-0.05, 0) is 0 Å². The lowest BCUT2D eigenvalue weighted by atomic mass is 10.0. The number of nitrogens with two attached hydrogens (primary N) is 1. The fourth-order valence-corrected chi connectivity index (χ4v) is 0.590. The van der Waals surface area contributed by atoms with Crippen LogP contribution < -0.4 is 11.1 Å². The van der Waals surface area contributed by atoms with Crippen LogP contribution in [0.3, 0.4) is 0 Å². The summed E-state index contributed by atoms with van der Waals surface area (Å²) in [5.41, 5.74) is 5.12. The molecule has 1 aliphatic heterocycles. The van der Waals surface area contributed by atoms with Crippen molar-refractivity contribution < 1.29 is 9.18 Å². The van der Waals surface area contributed by atoms with Gasteiger partial charge in [0, 0.05) is 0 Å². The third kappa shape index (κ3) is 0.571. The van der Waals surface area contributed by atoms with Crippen molar-refractivity contribution in [3.8, 4) is 0 Å². The molecule has 0 bridgehead atoms. The van der Waals surface area contributed by atoms with E-state index in [1.165, 1.54) is 0 Å². The summed E-state index contributed by atoms with van der Waals surface area (Å²) in [4.78, 5) is 10.2. The maximum Gasteiger partial charge on any atom is 0.239 e. The van der Waals surface area contributed by atoms with E-state index in [4.69, 9.17) is 5.73 Å². The van der Waals surface area contributed by atoms with Crippen molar-refractivity contribution in [1.29, 1.82) is 0 Å². The second kappa shape index (κ2) is 1.70. The summed E-state index contributed by atoms with van der Waals surface area (Å²) < 4.78 is 11.6. The van der Waals surface area contributed by atoms with Crippen molar-refractivity contribution in [2.45, 2.75) is 12.1 Å². The topological polar surface area (TPSA) is 55.1 Å². The van der Waals surface area contributed by atoms with Crippen LogP contribution in [0, 0.1) is 0 Å². The van der Waals surface area contributed by atoms with Gasteiger partial charge in [-0.3, -0.25) is 4.79 Å². The van der Waals surface area contributed by atoms with Crippen LogP contribution in [0.4, 0.5) is 4.39 Å². The van der Waals surface area contributed by atoms with Crippen LogP contribution in [-0.4, -0.2) is 24.7 Å².